The molecule has 1 saturated heterocycles. The van der Waals surface area contributed by atoms with Crippen LogP contribution in [0.1, 0.15) is 65.7 Å². The number of rotatable bonds is 1. The quantitative estimate of drug-likeness (QED) is 0.587. The van der Waals surface area contributed by atoms with E-state index in [2.05, 4.69) is 19.9 Å². The van der Waals surface area contributed by atoms with Gasteiger partial charge in [-0.15, -0.1) is 0 Å². The molecule has 1 heterocycles. The average Bonchev–Trinajstić information content (AvgIpc) is 2.99. The van der Waals surface area contributed by atoms with Gasteiger partial charge in [0, 0.05) is 12.3 Å². The zero-order valence-electron chi connectivity index (χ0n) is 15.2. The molecule has 3 heteroatoms. The summed E-state index contributed by atoms with van der Waals surface area (Å²) < 4.78 is 5.63. The van der Waals surface area contributed by atoms with Crippen molar-refractivity contribution in [2.75, 3.05) is 0 Å². The molecule has 24 heavy (non-hydrogen) atoms. The lowest BCUT2D eigenvalue weighted by atomic mass is 9.47. The Labute approximate surface area is 144 Å². The number of hydrogen-bond acceptors (Lipinski definition) is 3. The Bertz CT molecular complexity index is 639. The number of Topliss-reactive ketones (excluding diaryl/α,β-unsaturated/α-hetero) is 1. The Morgan fingerprint density at radius 3 is 2.79 bits per heavy atom. The zero-order chi connectivity index (χ0) is 16.9. The minimum absolute atomic E-state index is 0.0558. The highest BCUT2D eigenvalue weighted by Gasteiger charge is 2.67. The van der Waals surface area contributed by atoms with E-state index in [1.54, 1.807) is 6.92 Å². The van der Waals surface area contributed by atoms with Gasteiger partial charge >= 0.3 is 0 Å². The van der Waals surface area contributed by atoms with Crippen LogP contribution in [0.4, 0.5) is 0 Å². The second-order valence-electron chi connectivity index (χ2n) is 9.88. The summed E-state index contributed by atoms with van der Waals surface area (Å²) in [6.07, 6.45) is 10.1. The van der Waals surface area contributed by atoms with E-state index >= 15 is 0 Å². The van der Waals surface area contributed by atoms with Crippen LogP contribution in [0.25, 0.3) is 0 Å². The maximum atomic E-state index is 12.2. The van der Waals surface area contributed by atoms with Crippen molar-refractivity contribution in [3.05, 3.63) is 11.6 Å². The number of allylic oxidation sites excluding steroid dienone is 1. The van der Waals surface area contributed by atoms with E-state index < -0.39 is 5.79 Å². The van der Waals surface area contributed by atoms with Crippen molar-refractivity contribution in [2.24, 2.45) is 34.5 Å². The zero-order valence-corrected chi connectivity index (χ0v) is 15.2. The van der Waals surface area contributed by atoms with E-state index in [9.17, 15) is 9.90 Å². The highest BCUT2D eigenvalue weighted by Crippen LogP contribution is 2.68. The number of carbonyl (C=O) groups excluding carboxylic acids is 1. The third kappa shape index (κ3) is 1.78. The number of ketones is 1. The first kappa shape index (κ1) is 15.6. The van der Waals surface area contributed by atoms with Crippen LogP contribution in [-0.4, -0.2) is 22.8 Å². The first-order chi connectivity index (χ1) is 11.3. The lowest BCUT2D eigenvalue weighted by Gasteiger charge is -2.57. The van der Waals surface area contributed by atoms with E-state index in [4.69, 9.17) is 4.74 Å². The van der Waals surface area contributed by atoms with E-state index in [0.29, 0.717) is 23.5 Å². The van der Waals surface area contributed by atoms with Crippen LogP contribution in [-0.2, 0) is 9.53 Å². The minimum atomic E-state index is -0.839. The molecule has 0 amide bonds. The van der Waals surface area contributed by atoms with Gasteiger partial charge in [-0.05, 0) is 74.0 Å². The fraction of sp³-hybridized carbons (Fsp3) is 0.857. The maximum Gasteiger partial charge on any atom is 0.196 e. The molecule has 0 spiro atoms. The third-order valence-corrected chi connectivity index (χ3v) is 8.96. The smallest absolute Gasteiger partial charge is 0.196 e. The molecule has 0 radical (unpaired) electrons. The highest BCUT2D eigenvalue weighted by atomic mass is 16.7. The summed E-state index contributed by atoms with van der Waals surface area (Å²) in [5.74, 6) is 1.97. The lowest BCUT2D eigenvalue weighted by molar-refractivity contribution is -0.127. The summed E-state index contributed by atoms with van der Waals surface area (Å²) in [5, 5.41) is 10.4. The van der Waals surface area contributed by atoms with Crippen molar-refractivity contribution in [1.29, 1.82) is 0 Å². The molecule has 5 rings (SSSR count). The molecule has 4 fully saturated rings. The molecule has 2 unspecified atom stereocenters. The largest absolute Gasteiger partial charge is 0.363 e. The summed E-state index contributed by atoms with van der Waals surface area (Å²) in [6, 6.07) is 0. The molecule has 3 nitrogen and oxygen atoms in total. The van der Waals surface area contributed by atoms with Gasteiger partial charge in [-0.3, -0.25) is 4.79 Å². The van der Waals surface area contributed by atoms with Gasteiger partial charge < -0.3 is 9.84 Å². The Morgan fingerprint density at radius 2 is 2.04 bits per heavy atom. The Hall–Kier alpha value is -0.670. The van der Waals surface area contributed by atoms with Crippen LogP contribution in [0.15, 0.2) is 11.6 Å². The Kier molecular flexibility index (Phi) is 2.94. The molecule has 0 bridgehead atoms. The Balaban J connectivity index is 1.49. The van der Waals surface area contributed by atoms with Crippen LogP contribution >= 0.6 is 0 Å². The van der Waals surface area contributed by atoms with Crippen LogP contribution in [0.3, 0.4) is 0 Å². The van der Waals surface area contributed by atoms with Gasteiger partial charge in [-0.25, -0.2) is 0 Å². The maximum absolute atomic E-state index is 12.2. The molecule has 8 atom stereocenters. The average molecular weight is 330 g/mol. The van der Waals surface area contributed by atoms with Crippen LogP contribution in [0.5, 0.6) is 0 Å². The number of ether oxygens (including phenoxy) is 1. The summed E-state index contributed by atoms with van der Waals surface area (Å²) >= 11 is 0. The fourth-order valence-electron chi connectivity index (χ4n) is 7.61. The first-order valence-electron chi connectivity index (χ1n) is 9.88. The highest BCUT2D eigenvalue weighted by molar-refractivity contribution is 5.79. The van der Waals surface area contributed by atoms with Crippen LogP contribution in [0.2, 0.25) is 0 Å². The number of carbonyl (C=O) groups is 1. The van der Waals surface area contributed by atoms with E-state index in [1.807, 2.05) is 0 Å². The number of aliphatic hydroxyl groups is 1. The van der Waals surface area contributed by atoms with E-state index in [1.165, 1.54) is 24.8 Å². The van der Waals surface area contributed by atoms with Crippen LogP contribution < -0.4 is 0 Å². The summed E-state index contributed by atoms with van der Waals surface area (Å²) in [7, 11) is 0. The van der Waals surface area contributed by atoms with Crippen molar-refractivity contribution >= 4 is 5.78 Å². The number of hydrogen-bond donors (Lipinski definition) is 1. The molecule has 3 saturated carbocycles. The van der Waals surface area contributed by atoms with E-state index in [-0.39, 0.29) is 22.9 Å². The lowest BCUT2D eigenvalue weighted by Crippen LogP contribution is -2.51. The van der Waals surface area contributed by atoms with Crippen molar-refractivity contribution < 1.29 is 14.6 Å². The summed E-state index contributed by atoms with van der Waals surface area (Å²) in [6.45, 7) is 6.63. The fourth-order valence-corrected chi connectivity index (χ4v) is 7.61. The standard InChI is InChI=1S/C21H30O3/c1-12(22)15-6-7-16-14-5-4-13-10-21(23)18(24-21)11-20(13,3)17(14)8-9-19(15,16)2/h4,14-18,23H,5-11H2,1-3H3/t14-,15+,16-,17-,18?,19+,20-,21?/m0/s1. The minimum Gasteiger partial charge on any atom is -0.363 e. The molecule has 132 valence electrons. The third-order valence-electron chi connectivity index (χ3n) is 8.96. The predicted octanol–water partition coefficient (Wildman–Crippen LogP) is 3.85. The summed E-state index contributed by atoms with van der Waals surface area (Å²) in [5.41, 5.74) is 1.87. The Morgan fingerprint density at radius 1 is 1.25 bits per heavy atom. The second-order valence-corrected chi connectivity index (χ2v) is 9.88. The van der Waals surface area contributed by atoms with Gasteiger partial charge in [-0.1, -0.05) is 25.5 Å². The van der Waals surface area contributed by atoms with Crippen molar-refractivity contribution in [2.45, 2.75) is 77.6 Å². The van der Waals surface area contributed by atoms with Crippen molar-refractivity contribution in [1.82, 2.24) is 0 Å². The monoisotopic (exact) mass is 330 g/mol. The second kappa shape index (κ2) is 4.54. The van der Waals surface area contributed by atoms with Gasteiger partial charge in [0.05, 0.1) is 0 Å². The van der Waals surface area contributed by atoms with Crippen molar-refractivity contribution in [3.63, 3.8) is 0 Å². The molecule has 0 aromatic rings. The molecule has 4 aliphatic carbocycles. The first-order valence-corrected chi connectivity index (χ1v) is 9.88. The molecule has 1 N–H and O–H groups in total. The topological polar surface area (TPSA) is 49.8 Å². The van der Waals surface area contributed by atoms with Gasteiger partial charge in [0.1, 0.15) is 11.9 Å². The van der Waals surface area contributed by atoms with E-state index in [0.717, 1.165) is 25.7 Å². The molecule has 0 aromatic carbocycles. The van der Waals surface area contributed by atoms with Gasteiger partial charge in [0.2, 0.25) is 0 Å². The summed E-state index contributed by atoms with van der Waals surface area (Å²) in [4.78, 5) is 12.2. The number of fused-ring (bicyclic) bond motifs is 6. The molecular formula is C21H30O3. The predicted molar refractivity (Wildman–Crippen MR) is 91.1 cm³/mol. The van der Waals surface area contributed by atoms with Crippen LogP contribution in [0, 0.1) is 34.5 Å². The van der Waals surface area contributed by atoms with Gasteiger partial charge in [0.25, 0.3) is 0 Å². The van der Waals surface area contributed by atoms with Gasteiger partial charge in [0.15, 0.2) is 5.79 Å². The molecule has 0 aromatic heterocycles. The van der Waals surface area contributed by atoms with Crippen molar-refractivity contribution in [3.8, 4) is 0 Å². The van der Waals surface area contributed by atoms with Gasteiger partial charge in [-0.2, -0.15) is 0 Å². The molecule has 5 aliphatic rings. The SMILES string of the molecule is CC(=O)[C@H]1CC[C@H]2[C@@H]3CC=C4CC5(O)OC5C[C@]4(C)[C@H]3CC[C@]12C. The molecule has 1 aliphatic heterocycles. The molecular weight excluding hydrogens is 300 g/mol. The normalized spacial score (nSPS) is 58.0. The number of epoxide rings is 1.